The molecule has 0 saturated heterocycles. The molecule has 0 bridgehead atoms. The van der Waals surface area contributed by atoms with Crippen LogP contribution in [-0.2, 0) is 0 Å². The smallest absolute Gasteiger partial charge is 0.172 e. The fraction of sp³-hybridized carbons (Fsp3) is 0.200. The summed E-state index contributed by atoms with van der Waals surface area (Å²) in [6, 6.07) is 6.86. The van der Waals surface area contributed by atoms with Crippen LogP contribution in [0.1, 0.15) is 28.3 Å². The second-order valence-electron chi connectivity index (χ2n) is 4.82. The average Bonchev–Trinajstić information content (AvgIpc) is 3.19. The van der Waals surface area contributed by atoms with Gasteiger partial charge in [0.2, 0.25) is 0 Å². The molecule has 0 radical (unpaired) electrons. The van der Waals surface area contributed by atoms with Gasteiger partial charge in [0.1, 0.15) is 16.8 Å². The predicted octanol–water partition coefficient (Wildman–Crippen LogP) is 4.00. The van der Waals surface area contributed by atoms with Crippen LogP contribution in [0.5, 0.6) is 0 Å². The summed E-state index contributed by atoms with van der Waals surface area (Å²) in [6.07, 6.45) is 2.17. The van der Waals surface area contributed by atoms with Crippen LogP contribution in [0.2, 0.25) is 5.15 Å². The monoisotopic (exact) mass is 293 g/mol. The minimum Gasteiger partial charge on any atom is -0.294 e. The van der Waals surface area contributed by atoms with Gasteiger partial charge in [-0.1, -0.05) is 23.7 Å². The van der Waals surface area contributed by atoms with E-state index in [1.165, 1.54) is 6.07 Å². The third-order valence-electron chi connectivity index (χ3n) is 3.51. The molecule has 2 unspecified atom stereocenters. The molecule has 0 aliphatic heterocycles. The molecule has 1 aromatic heterocycles. The number of rotatable bonds is 3. The number of carbonyl (C=O) groups excluding carboxylic acids is 1. The maximum Gasteiger partial charge on any atom is 0.172 e. The largest absolute Gasteiger partial charge is 0.294 e. The van der Waals surface area contributed by atoms with Gasteiger partial charge in [0.25, 0.3) is 0 Å². The molecule has 5 heteroatoms. The summed E-state index contributed by atoms with van der Waals surface area (Å²) in [4.78, 5) is 16.1. The molecule has 1 heterocycles. The van der Waals surface area contributed by atoms with E-state index in [0.29, 0.717) is 11.6 Å². The highest BCUT2D eigenvalue weighted by atomic mass is 35.5. The highest BCUT2D eigenvalue weighted by Crippen LogP contribution is 2.49. The molecule has 0 spiro atoms. The molecule has 102 valence electrons. The van der Waals surface area contributed by atoms with Gasteiger partial charge in [-0.3, -0.25) is 4.79 Å². The Morgan fingerprint density at radius 3 is 2.50 bits per heavy atom. The van der Waals surface area contributed by atoms with Gasteiger partial charge in [0.15, 0.2) is 5.78 Å². The Hall–Kier alpha value is -1.81. The van der Waals surface area contributed by atoms with Gasteiger partial charge in [-0.25, -0.2) is 13.8 Å². The van der Waals surface area contributed by atoms with E-state index in [2.05, 4.69) is 4.98 Å². The van der Waals surface area contributed by atoms with Crippen LogP contribution in [0.3, 0.4) is 0 Å². The molecule has 1 saturated carbocycles. The first kappa shape index (κ1) is 13.2. The molecule has 3 rings (SSSR count). The zero-order valence-corrected chi connectivity index (χ0v) is 11.1. The summed E-state index contributed by atoms with van der Waals surface area (Å²) >= 11 is 5.70. The molecule has 1 aromatic carbocycles. The highest BCUT2D eigenvalue weighted by Gasteiger charge is 2.45. The van der Waals surface area contributed by atoms with Crippen LogP contribution in [-0.4, -0.2) is 10.8 Å². The number of aromatic nitrogens is 1. The number of hydrogen-bond donors (Lipinski definition) is 0. The zero-order valence-electron chi connectivity index (χ0n) is 10.3. The summed E-state index contributed by atoms with van der Waals surface area (Å²) < 4.78 is 27.2. The molecular weight excluding hydrogens is 284 g/mol. The first-order valence-corrected chi connectivity index (χ1v) is 6.55. The van der Waals surface area contributed by atoms with Gasteiger partial charge in [0, 0.05) is 12.1 Å². The lowest BCUT2D eigenvalue weighted by Crippen LogP contribution is -2.09. The second kappa shape index (κ2) is 4.94. The lowest BCUT2D eigenvalue weighted by atomic mass is 10.0. The predicted molar refractivity (Wildman–Crippen MR) is 70.8 cm³/mol. The number of benzene rings is 1. The first-order valence-electron chi connectivity index (χ1n) is 6.17. The summed E-state index contributed by atoms with van der Waals surface area (Å²) in [7, 11) is 0. The fourth-order valence-corrected chi connectivity index (χ4v) is 2.49. The van der Waals surface area contributed by atoms with E-state index in [1.807, 2.05) is 0 Å². The molecule has 0 amide bonds. The molecule has 1 fully saturated rings. The Balaban J connectivity index is 1.82. The molecule has 1 aliphatic carbocycles. The van der Waals surface area contributed by atoms with Crippen LogP contribution in [0.15, 0.2) is 36.5 Å². The molecule has 2 atom stereocenters. The minimum atomic E-state index is -0.810. The zero-order chi connectivity index (χ0) is 14.3. The molecular formula is C15H10ClF2NO. The number of hydrogen-bond acceptors (Lipinski definition) is 2. The lowest BCUT2D eigenvalue weighted by molar-refractivity contribution is 0.0957. The number of nitrogens with zero attached hydrogens (tertiary/aromatic N) is 1. The second-order valence-corrected chi connectivity index (χ2v) is 5.21. The van der Waals surface area contributed by atoms with Crippen LogP contribution in [0.25, 0.3) is 0 Å². The van der Waals surface area contributed by atoms with E-state index in [4.69, 9.17) is 11.6 Å². The average molecular weight is 294 g/mol. The van der Waals surface area contributed by atoms with E-state index in [9.17, 15) is 13.6 Å². The van der Waals surface area contributed by atoms with Crippen molar-refractivity contribution >= 4 is 17.4 Å². The van der Waals surface area contributed by atoms with Crippen molar-refractivity contribution in [3.63, 3.8) is 0 Å². The topological polar surface area (TPSA) is 30.0 Å². The summed E-state index contributed by atoms with van der Waals surface area (Å²) in [5.74, 6) is -2.53. The third kappa shape index (κ3) is 2.31. The Kier molecular flexibility index (Phi) is 3.26. The van der Waals surface area contributed by atoms with E-state index in [-0.39, 0.29) is 11.8 Å². The van der Waals surface area contributed by atoms with Gasteiger partial charge in [0.05, 0.1) is 5.56 Å². The van der Waals surface area contributed by atoms with Crippen molar-refractivity contribution in [3.8, 4) is 0 Å². The van der Waals surface area contributed by atoms with Crippen molar-refractivity contribution in [2.24, 2.45) is 5.92 Å². The van der Waals surface area contributed by atoms with Crippen molar-refractivity contribution in [1.29, 1.82) is 0 Å². The van der Waals surface area contributed by atoms with Crippen LogP contribution in [0.4, 0.5) is 8.78 Å². The Morgan fingerprint density at radius 2 is 1.90 bits per heavy atom. The van der Waals surface area contributed by atoms with Crippen LogP contribution >= 0.6 is 11.6 Å². The first-order chi connectivity index (χ1) is 9.58. The van der Waals surface area contributed by atoms with E-state index in [1.54, 1.807) is 18.3 Å². The van der Waals surface area contributed by atoms with Crippen molar-refractivity contribution < 1.29 is 13.6 Å². The van der Waals surface area contributed by atoms with Crippen molar-refractivity contribution in [1.82, 2.24) is 4.98 Å². The Labute approximate surface area is 119 Å². The van der Waals surface area contributed by atoms with Crippen LogP contribution < -0.4 is 0 Å². The quantitative estimate of drug-likeness (QED) is 0.632. The normalized spacial score (nSPS) is 20.8. The summed E-state index contributed by atoms with van der Waals surface area (Å²) in [5.41, 5.74) is 0.423. The number of halogens is 3. The Morgan fingerprint density at radius 1 is 1.20 bits per heavy atom. The lowest BCUT2D eigenvalue weighted by Gasteiger charge is -2.04. The van der Waals surface area contributed by atoms with Gasteiger partial charge < -0.3 is 0 Å². The number of ketones is 1. The molecule has 0 N–H and O–H groups in total. The Bertz CT molecular complexity index is 652. The van der Waals surface area contributed by atoms with E-state index < -0.39 is 23.0 Å². The number of Topliss-reactive ketones (excluding diaryl/α,β-unsaturated/α-hetero) is 1. The van der Waals surface area contributed by atoms with Gasteiger partial charge in [-0.05, 0) is 36.1 Å². The van der Waals surface area contributed by atoms with Gasteiger partial charge >= 0.3 is 0 Å². The fourth-order valence-electron chi connectivity index (χ4n) is 2.38. The van der Waals surface area contributed by atoms with Crippen molar-refractivity contribution in [2.75, 3.05) is 0 Å². The molecule has 2 aromatic rings. The van der Waals surface area contributed by atoms with Gasteiger partial charge in [-0.2, -0.15) is 0 Å². The number of carbonyl (C=O) groups is 1. The van der Waals surface area contributed by atoms with Crippen molar-refractivity contribution in [2.45, 2.75) is 12.3 Å². The van der Waals surface area contributed by atoms with Gasteiger partial charge in [-0.15, -0.1) is 0 Å². The summed E-state index contributed by atoms with van der Waals surface area (Å²) in [5, 5.41) is 0.373. The minimum absolute atomic E-state index is 0.0359. The molecule has 2 nitrogen and oxygen atoms in total. The maximum absolute atomic E-state index is 13.6. The van der Waals surface area contributed by atoms with Crippen molar-refractivity contribution in [3.05, 3.63) is 64.4 Å². The maximum atomic E-state index is 13.6. The third-order valence-corrected chi connectivity index (χ3v) is 3.74. The molecule has 20 heavy (non-hydrogen) atoms. The SMILES string of the molecule is O=C(c1c(F)cccc1F)C1CC1c1ccc(Cl)nc1. The van der Waals surface area contributed by atoms with Crippen LogP contribution in [0, 0.1) is 17.6 Å². The summed E-state index contributed by atoms with van der Waals surface area (Å²) in [6.45, 7) is 0. The van der Waals surface area contributed by atoms with E-state index in [0.717, 1.165) is 17.7 Å². The highest BCUT2D eigenvalue weighted by molar-refractivity contribution is 6.29. The van der Waals surface area contributed by atoms with E-state index >= 15 is 0 Å². The standard InChI is InChI=1S/C15H10ClF2NO/c16-13-5-4-8(7-19-13)9-6-10(9)15(20)14-11(17)2-1-3-12(14)18/h1-5,7,9-10H,6H2. The molecule has 1 aliphatic rings. The number of pyridine rings is 1.